The van der Waals surface area contributed by atoms with Gasteiger partial charge in [-0.05, 0) is 46.1 Å². The second-order valence-corrected chi connectivity index (χ2v) is 15.3. The van der Waals surface area contributed by atoms with Crippen LogP contribution in [-0.4, -0.2) is 58.7 Å². The fraction of sp³-hybridized carbons (Fsp3) is 0.474. The van der Waals surface area contributed by atoms with Crippen LogP contribution in [0.1, 0.15) is 140 Å². The van der Waals surface area contributed by atoms with Gasteiger partial charge in [0, 0.05) is 70.9 Å². The number of nitrogens with one attached hydrogen (secondary N) is 1. The molecule has 15 heteroatoms. The van der Waals surface area contributed by atoms with Gasteiger partial charge >= 0.3 is 26.4 Å². The Morgan fingerprint density at radius 3 is 2.06 bits per heavy atom. The van der Waals surface area contributed by atoms with Crippen LogP contribution < -0.4 is 9.97 Å². The summed E-state index contributed by atoms with van der Waals surface area (Å²) < 4.78 is 45.2. The number of ether oxygens (including phenoxy) is 2. The molecule has 2 aliphatic heterocycles. The number of Topliss-reactive ketones (excluding diaryl/α,β-unsaturated/α-hetero) is 2. The molecule has 0 saturated carbocycles. The Morgan fingerprint density at radius 2 is 1.45 bits per heavy atom. The number of rotatable bonds is 11. The van der Waals surface area contributed by atoms with E-state index in [9.17, 15) is 27.4 Å². The SMILES string of the molecule is CC[C@H]1c2cc3[n-]c(c(COC(C)=O)c4nc(cc5[n-]c(cc(n2)C1C)c(C(C)=O)c5C)C(C)[C@@H]4CCC(C)=O)c(C(=N)OCCS(=O)(=O)[O-])c3C.[Pd+2]. The minimum Gasteiger partial charge on any atom is -0.748 e. The maximum atomic E-state index is 13.0. The number of hydrogen-bond acceptors (Lipinski definition) is 11. The monoisotopic (exact) mass is 836 g/mol. The fourth-order valence-electron chi connectivity index (χ4n) is 7.29. The number of carbonyl (C=O) groups excluding carboxylic acids is 3. The molecule has 1 N–H and O–H groups in total. The first-order valence-electron chi connectivity index (χ1n) is 17.4. The van der Waals surface area contributed by atoms with Crippen molar-refractivity contribution in [3.05, 3.63) is 68.8 Å². The summed E-state index contributed by atoms with van der Waals surface area (Å²) in [5.41, 5.74) is 6.78. The minimum absolute atomic E-state index is 0. The molecule has 0 aromatic carbocycles. The van der Waals surface area contributed by atoms with Gasteiger partial charge in [0.1, 0.15) is 19.0 Å². The summed E-state index contributed by atoms with van der Waals surface area (Å²) in [7, 11) is -4.62. The molecule has 0 fully saturated rings. The van der Waals surface area contributed by atoms with Gasteiger partial charge in [-0.15, -0.1) is 22.1 Å². The Bertz CT molecular complexity index is 2240. The molecule has 3 aromatic rings. The maximum absolute atomic E-state index is 13.0. The van der Waals surface area contributed by atoms with E-state index >= 15 is 0 Å². The first-order chi connectivity index (χ1) is 24.4. The van der Waals surface area contributed by atoms with Crippen molar-refractivity contribution in [2.24, 2.45) is 0 Å². The Hall–Kier alpha value is -4.03. The fourth-order valence-corrected chi connectivity index (χ4v) is 7.57. The van der Waals surface area contributed by atoms with Gasteiger partial charge in [-0.25, -0.2) is 8.42 Å². The zero-order valence-corrected chi connectivity index (χ0v) is 33.4. The van der Waals surface area contributed by atoms with Gasteiger partial charge in [-0.3, -0.25) is 25.0 Å². The number of carbonyl (C=O) groups is 3. The van der Waals surface area contributed by atoms with E-state index in [0.29, 0.717) is 56.6 Å². The summed E-state index contributed by atoms with van der Waals surface area (Å²) in [6, 6.07) is 5.56. The van der Waals surface area contributed by atoms with Gasteiger partial charge in [0.05, 0.1) is 15.9 Å². The van der Waals surface area contributed by atoms with Crippen molar-refractivity contribution < 1.29 is 57.3 Å². The Morgan fingerprint density at radius 1 is 0.868 bits per heavy atom. The van der Waals surface area contributed by atoms with Gasteiger partial charge < -0.3 is 28.8 Å². The van der Waals surface area contributed by atoms with Crippen LogP contribution in [0.4, 0.5) is 0 Å². The van der Waals surface area contributed by atoms with Crippen molar-refractivity contribution >= 4 is 55.6 Å². The van der Waals surface area contributed by atoms with E-state index in [1.165, 1.54) is 20.8 Å². The molecule has 3 aromatic heterocycles. The zero-order valence-electron chi connectivity index (χ0n) is 31.1. The normalized spacial score (nSPS) is 18.3. The van der Waals surface area contributed by atoms with E-state index in [2.05, 4.69) is 13.8 Å². The number of hydrogen-bond donors (Lipinski definition) is 1. The van der Waals surface area contributed by atoms with Crippen molar-refractivity contribution in [2.75, 3.05) is 12.4 Å². The van der Waals surface area contributed by atoms with Crippen molar-refractivity contribution in [1.82, 2.24) is 19.9 Å². The Balaban J connectivity index is 0.00000627. The van der Waals surface area contributed by atoms with Gasteiger partial charge in [0.2, 0.25) is 5.90 Å². The van der Waals surface area contributed by atoms with Crippen LogP contribution in [0, 0.1) is 19.3 Å². The first kappa shape index (κ1) is 41.7. The molecule has 2 aliphatic rings. The maximum Gasteiger partial charge on any atom is 2.00 e. The molecule has 53 heavy (non-hydrogen) atoms. The Labute approximate surface area is 323 Å². The second kappa shape index (κ2) is 16.5. The number of ketones is 2. The van der Waals surface area contributed by atoms with E-state index in [0.717, 1.165) is 17.8 Å². The number of aromatic nitrogens is 4. The van der Waals surface area contributed by atoms with E-state index < -0.39 is 34.3 Å². The summed E-state index contributed by atoms with van der Waals surface area (Å²) in [5, 5.41) is 8.96. The number of esters is 1. The third kappa shape index (κ3) is 8.86. The van der Waals surface area contributed by atoms with Crippen LogP contribution >= 0.6 is 0 Å². The molecular weight excluding hydrogens is 793 g/mol. The average Bonchev–Trinajstić information content (AvgIpc) is 3.72. The van der Waals surface area contributed by atoms with E-state index in [4.69, 9.17) is 34.8 Å². The quantitative estimate of drug-likeness (QED) is 0.0599. The van der Waals surface area contributed by atoms with Gasteiger partial charge in [0.15, 0.2) is 5.78 Å². The molecule has 5 heterocycles. The molecule has 0 saturated heterocycles. The molecule has 8 bridgehead atoms. The molecule has 0 spiro atoms. The molecule has 0 radical (unpaired) electrons. The number of aryl methyl sites for hydroxylation is 2. The molecule has 4 atom stereocenters. The van der Waals surface area contributed by atoms with Gasteiger partial charge in [-0.2, -0.15) is 0 Å². The van der Waals surface area contributed by atoms with Crippen LogP contribution in [0.5, 0.6) is 0 Å². The average molecular weight is 837 g/mol. The van der Waals surface area contributed by atoms with Crippen LogP contribution in [0.3, 0.4) is 0 Å². The molecule has 0 amide bonds. The smallest absolute Gasteiger partial charge is 0.748 e. The molecule has 5 rings (SSSR count). The third-order valence-electron chi connectivity index (χ3n) is 10.1. The van der Waals surface area contributed by atoms with Crippen LogP contribution in [-0.2, 0) is 56.2 Å². The minimum atomic E-state index is -4.62. The topological polar surface area (TPSA) is 205 Å². The van der Waals surface area contributed by atoms with Crippen molar-refractivity contribution in [1.29, 1.82) is 5.41 Å². The molecular formula is C38H44N5O8PdS-. The van der Waals surface area contributed by atoms with E-state index in [1.54, 1.807) is 6.92 Å². The molecule has 286 valence electrons. The van der Waals surface area contributed by atoms with Crippen LogP contribution in [0.15, 0.2) is 18.2 Å². The van der Waals surface area contributed by atoms with E-state index in [1.807, 2.05) is 32.0 Å². The summed E-state index contributed by atoms with van der Waals surface area (Å²) in [6.45, 7) is 13.2. The van der Waals surface area contributed by atoms with Gasteiger partial charge in [0.25, 0.3) is 0 Å². The van der Waals surface area contributed by atoms with E-state index in [-0.39, 0.29) is 79.8 Å². The second-order valence-electron chi connectivity index (χ2n) is 13.7. The summed E-state index contributed by atoms with van der Waals surface area (Å²) in [5.74, 6) is -2.58. The summed E-state index contributed by atoms with van der Waals surface area (Å²) >= 11 is 0. The third-order valence-corrected chi connectivity index (χ3v) is 10.8. The largest absolute Gasteiger partial charge is 2.00 e. The number of nitrogens with zero attached hydrogens (tertiary/aromatic N) is 4. The summed E-state index contributed by atoms with van der Waals surface area (Å²) in [6.07, 6.45) is 1.41. The van der Waals surface area contributed by atoms with Crippen molar-refractivity contribution in [2.45, 2.75) is 105 Å². The standard InChI is InChI=1S/C38H46N5O8S.Pd/c1-9-25-19(3)28-16-33-34(23(7)45)21(5)30(41-33)14-29-20(4)26(11-10-18(2)44)36(42-29)27(17-51-24(8)46)37-35(38(39)50-12-13-52(47,48)49)22(6)31(43-37)15-32(25)40-28;/h14-16,19-20,25-26H,9-13,17H2,1-8H3,(H3-,39,40,41,42,43,45,47,48,49);/q-1;+2/p-2/t19?,20?,25-,26+;/m1./s1. The summed E-state index contributed by atoms with van der Waals surface area (Å²) in [4.78, 5) is 57.6. The van der Waals surface area contributed by atoms with Crippen LogP contribution in [0.2, 0.25) is 0 Å². The first-order valence-corrected chi connectivity index (χ1v) is 18.9. The Kier molecular flexibility index (Phi) is 13.0. The zero-order chi connectivity index (χ0) is 38.2. The van der Waals surface area contributed by atoms with Crippen LogP contribution in [0.25, 0.3) is 22.1 Å². The molecule has 2 unspecified atom stereocenters. The van der Waals surface area contributed by atoms with Crippen molar-refractivity contribution in [3.63, 3.8) is 0 Å². The predicted molar refractivity (Wildman–Crippen MR) is 194 cm³/mol. The number of fused-ring (bicyclic) bond motifs is 8. The molecule has 13 nitrogen and oxygen atoms in total. The molecule has 0 aliphatic carbocycles. The van der Waals surface area contributed by atoms with Gasteiger partial charge in [-0.1, -0.05) is 50.1 Å². The predicted octanol–water partition coefficient (Wildman–Crippen LogP) is 5.89. The van der Waals surface area contributed by atoms with Crippen molar-refractivity contribution in [3.8, 4) is 0 Å².